The van der Waals surface area contributed by atoms with E-state index in [1.807, 2.05) is 30.6 Å². The molecule has 0 spiro atoms. The maximum absolute atomic E-state index is 4.37. The minimum absolute atomic E-state index is 0.850. The van der Waals surface area contributed by atoms with Gasteiger partial charge in [0.2, 0.25) is 0 Å². The van der Waals surface area contributed by atoms with Crippen LogP contribution >= 0.6 is 27.3 Å². The first-order chi connectivity index (χ1) is 6.25. The highest BCUT2D eigenvalue weighted by molar-refractivity contribution is 9.10. The van der Waals surface area contributed by atoms with Gasteiger partial charge in [0.1, 0.15) is 4.60 Å². The van der Waals surface area contributed by atoms with E-state index in [1.165, 1.54) is 0 Å². The van der Waals surface area contributed by atoms with Gasteiger partial charge in [0.15, 0.2) is 0 Å². The van der Waals surface area contributed by atoms with Gasteiger partial charge in [-0.2, -0.15) is 0 Å². The molecular formula is C9H7BrN2S. The first-order valence-corrected chi connectivity index (χ1v) is 5.47. The van der Waals surface area contributed by atoms with Crippen LogP contribution in [-0.2, 0) is 0 Å². The summed E-state index contributed by atoms with van der Waals surface area (Å²) in [7, 11) is 0. The summed E-state index contributed by atoms with van der Waals surface area (Å²) in [5, 5.41) is 3.12. The standard InChI is InChI=1S/C9H7BrN2S/c1-6-12-8(5-13-6)7-2-3-9(10)11-4-7/h2-5H,1H3. The van der Waals surface area contributed by atoms with E-state index in [1.54, 1.807) is 11.3 Å². The molecule has 2 rings (SSSR count). The summed E-state index contributed by atoms with van der Waals surface area (Å²) >= 11 is 4.95. The van der Waals surface area contributed by atoms with Crippen molar-refractivity contribution in [1.82, 2.24) is 9.97 Å². The van der Waals surface area contributed by atoms with E-state index in [4.69, 9.17) is 0 Å². The molecule has 66 valence electrons. The van der Waals surface area contributed by atoms with Gasteiger partial charge in [0.05, 0.1) is 10.7 Å². The highest BCUT2D eigenvalue weighted by atomic mass is 79.9. The average molecular weight is 255 g/mol. The van der Waals surface area contributed by atoms with Gasteiger partial charge >= 0.3 is 0 Å². The number of rotatable bonds is 1. The Bertz CT molecular complexity index is 408. The second-order valence-corrected chi connectivity index (χ2v) is 4.50. The zero-order valence-electron chi connectivity index (χ0n) is 6.99. The Kier molecular flexibility index (Phi) is 2.42. The number of hydrogen-bond donors (Lipinski definition) is 0. The van der Waals surface area contributed by atoms with Crippen LogP contribution in [0, 0.1) is 6.92 Å². The summed E-state index contributed by atoms with van der Waals surface area (Å²) in [5.74, 6) is 0. The number of halogens is 1. The van der Waals surface area contributed by atoms with Crippen LogP contribution in [0.4, 0.5) is 0 Å². The molecule has 2 heterocycles. The van der Waals surface area contributed by atoms with Crippen LogP contribution in [0.1, 0.15) is 5.01 Å². The molecule has 0 saturated carbocycles. The summed E-state index contributed by atoms with van der Waals surface area (Å²) in [5.41, 5.74) is 2.06. The van der Waals surface area contributed by atoms with Gasteiger partial charge in [-0.15, -0.1) is 11.3 Å². The van der Waals surface area contributed by atoms with E-state index < -0.39 is 0 Å². The van der Waals surface area contributed by atoms with Crippen molar-refractivity contribution in [3.05, 3.63) is 33.3 Å². The molecule has 13 heavy (non-hydrogen) atoms. The molecule has 0 fully saturated rings. The Balaban J connectivity index is 2.41. The molecule has 0 amide bonds. The molecule has 0 aliphatic carbocycles. The van der Waals surface area contributed by atoms with Gasteiger partial charge in [0, 0.05) is 17.1 Å². The number of aryl methyl sites for hydroxylation is 1. The Morgan fingerprint density at radius 1 is 1.38 bits per heavy atom. The van der Waals surface area contributed by atoms with Gasteiger partial charge < -0.3 is 0 Å². The van der Waals surface area contributed by atoms with Crippen LogP contribution in [0.25, 0.3) is 11.3 Å². The predicted molar refractivity (Wildman–Crippen MR) is 57.8 cm³/mol. The summed E-state index contributed by atoms with van der Waals surface area (Å²) in [4.78, 5) is 8.52. The van der Waals surface area contributed by atoms with Crippen LogP contribution in [0.2, 0.25) is 0 Å². The molecule has 0 aliphatic rings. The van der Waals surface area contributed by atoms with E-state index in [0.717, 1.165) is 20.9 Å². The van der Waals surface area contributed by atoms with Gasteiger partial charge in [-0.3, -0.25) is 0 Å². The second kappa shape index (κ2) is 3.55. The van der Waals surface area contributed by atoms with Crippen LogP contribution in [0.3, 0.4) is 0 Å². The third-order valence-corrected chi connectivity index (χ3v) is 2.88. The Labute approximate surface area is 88.8 Å². The first kappa shape index (κ1) is 8.84. The topological polar surface area (TPSA) is 25.8 Å². The molecule has 0 unspecified atom stereocenters. The molecule has 4 heteroatoms. The van der Waals surface area contributed by atoms with Crippen LogP contribution in [0.15, 0.2) is 28.3 Å². The van der Waals surface area contributed by atoms with Crippen LogP contribution in [-0.4, -0.2) is 9.97 Å². The van der Waals surface area contributed by atoms with Crippen molar-refractivity contribution < 1.29 is 0 Å². The zero-order chi connectivity index (χ0) is 9.26. The number of thiazole rings is 1. The van der Waals surface area contributed by atoms with Crippen LogP contribution in [0.5, 0.6) is 0 Å². The molecule has 0 saturated heterocycles. The largest absolute Gasteiger partial charge is 0.249 e. The van der Waals surface area contributed by atoms with Crippen molar-refractivity contribution in [2.24, 2.45) is 0 Å². The highest BCUT2D eigenvalue weighted by Crippen LogP contribution is 2.21. The monoisotopic (exact) mass is 254 g/mol. The van der Waals surface area contributed by atoms with E-state index in [2.05, 4.69) is 25.9 Å². The SMILES string of the molecule is Cc1nc(-c2ccc(Br)nc2)cs1. The van der Waals surface area contributed by atoms with E-state index in [9.17, 15) is 0 Å². The first-order valence-electron chi connectivity index (χ1n) is 3.80. The fourth-order valence-corrected chi connectivity index (χ4v) is 1.88. The summed E-state index contributed by atoms with van der Waals surface area (Å²) in [6.07, 6.45) is 1.82. The minimum atomic E-state index is 0.850. The lowest BCUT2D eigenvalue weighted by Crippen LogP contribution is -1.80. The third kappa shape index (κ3) is 1.95. The maximum Gasteiger partial charge on any atom is 0.106 e. The molecule has 0 aromatic carbocycles. The van der Waals surface area contributed by atoms with Gasteiger partial charge in [-0.1, -0.05) is 0 Å². The zero-order valence-corrected chi connectivity index (χ0v) is 9.39. The fraction of sp³-hybridized carbons (Fsp3) is 0.111. The number of nitrogens with zero attached hydrogens (tertiary/aromatic N) is 2. The smallest absolute Gasteiger partial charge is 0.106 e. The summed E-state index contributed by atoms with van der Waals surface area (Å²) in [6, 6.07) is 3.93. The maximum atomic E-state index is 4.37. The van der Waals surface area contributed by atoms with Gasteiger partial charge in [0.25, 0.3) is 0 Å². The van der Waals surface area contributed by atoms with Crippen molar-refractivity contribution in [3.63, 3.8) is 0 Å². The van der Waals surface area contributed by atoms with E-state index in [0.29, 0.717) is 0 Å². The molecule has 2 nitrogen and oxygen atoms in total. The third-order valence-electron chi connectivity index (χ3n) is 1.64. The number of aromatic nitrogens is 2. The summed E-state index contributed by atoms with van der Waals surface area (Å²) in [6.45, 7) is 2.00. The van der Waals surface area contributed by atoms with Crippen LogP contribution < -0.4 is 0 Å². The number of pyridine rings is 1. The molecule has 0 N–H and O–H groups in total. The van der Waals surface area contributed by atoms with Crippen molar-refractivity contribution in [1.29, 1.82) is 0 Å². The Morgan fingerprint density at radius 3 is 2.77 bits per heavy atom. The molecule has 2 aromatic rings. The quantitative estimate of drug-likeness (QED) is 0.731. The normalized spacial score (nSPS) is 10.3. The highest BCUT2D eigenvalue weighted by Gasteiger charge is 2.01. The second-order valence-electron chi connectivity index (χ2n) is 2.62. The van der Waals surface area contributed by atoms with E-state index in [-0.39, 0.29) is 0 Å². The number of hydrogen-bond acceptors (Lipinski definition) is 3. The molecular weight excluding hydrogens is 248 g/mol. The molecule has 0 aliphatic heterocycles. The van der Waals surface area contributed by atoms with Crippen molar-refractivity contribution >= 4 is 27.3 Å². The minimum Gasteiger partial charge on any atom is -0.249 e. The van der Waals surface area contributed by atoms with Gasteiger partial charge in [-0.05, 0) is 35.0 Å². The predicted octanol–water partition coefficient (Wildman–Crippen LogP) is 3.28. The fourth-order valence-electron chi connectivity index (χ4n) is 1.02. The lowest BCUT2D eigenvalue weighted by atomic mass is 10.2. The van der Waals surface area contributed by atoms with Crippen molar-refractivity contribution in [3.8, 4) is 11.3 Å². The van der Waals surface area contributed by atoms with Crippen molar-refractivity contribution in [2.75, 3.05) is 0 Å². The molecule has 2 aromatic heterocycles. The molecule has 0 atom stereocenters. The molecule has 0 bridgehead atoms. The summed E-state index contributed by atoms with van der Waals surface area (Å²) < 4.78 is 0.850. The Hall–Kier alpha value is -0.740. The average Bonchev–Trinajstić information content (AvgIpc) is 2.53. The lowest BCUT2D eigenvalue weighted by molar-refractivity contribution is 1.25. The molecule has 0 radical (unpaired) electrons. The van der Waals surface area contributed by atoms with Gasteiger partial charge in [-0.25, -0.2) is 9.97 Å². The lowest BCUT2D eigenvalue weighted by Gasteiger charge is -1.94. The van der Waals surface area contributed by atoms with Crippen molar-refractivity contribution in [2.45, 2.75) is 6.92 Å². The van der Waals surface area contributed by atoms with E-state index >= 15 is 0 Å². The Morgan fingerprint density at radius 2 is 2.23 bits per heavy atom.